The maximum Gasteiger partial charge on any atom is 0.352 e. The number of quaternary nitrogens is 1. The van der Waals surface area contributed by atoms with Crippen LogP contribution in [0.3, 0.4) is 0 Å². The maximum absolute atomic E-state index is 14.5. The molecule has 0 saturated carbocycles. The molecule has 1 amide bonds. The molecule has 3 aromatic rings. The Morgan fingerprint density at radius 1 is 1.03 bits per heavy atom. The van der Waals surface area contributed by atoms with Gasteiger partial charge in [-0.25, -0.2) is 5.53 Å². The lowest BCUT2D eigenvalue weighted by molar-refractivity contribution is -0.844. The summed E-state index contributed by atoms with van der Waals surface area (Å²) in [6.07, 6.45) is -1.39. The highest BCUT2D eigenvalue weighted by atomic mass is 35.5. The molecule has 35 heavy (non-hydrogen) atoms. The molecule has 0 bridgehead atoms. The van der Waals surface area contributed by atoms with Gasteiger partial charge in [0.05, 0.1) is 5.69 Å². The van der Waals surface area contributed by atoms with Crippen molar-refractivity contribution in [1.82, 2.24) is 0 Å². The van der Waals surface area contributed by atoms with Gasteiger partial charge < -0.3 is 5.73 Å². The van der Waals surface area contributed by atoms with Crippen molar-refractivity contribution >= 4 is 44.8 Å². The summed E-state index contributed by atoms with van der Waals surface area (Å²) in [4.78, 5) is 12.7. The number of anilines is 1. The van der Waals surface area contributed by atoms with Crippen molar-refractivity contribution in [3.8, 4) is 0 Å². The van der Waals surface area contributed by atoms with Crippen molar-refractivity contribution in [3.63, 3.8) is 0 Å². The lowest BCUT2D eigenvalue weighted by Gasteiger charge is -2.45. The van der Waals surface area contributed by atoms with Gasteiger partial charge in [-0.1, -0.05) is 57.5 Å². The number of nitrogens with one attached hydrogen (secondary N) is 1. The van der Waals surface area contributed by atoms with Crippen LogP contribution in [0, 0.1) is 5.53 Å². The fourth-order valence-corrected chi connectivity index (χ4v) is 7.34. The van der Waals surface area contributed by atoms with Crippen molar-refractivity contribution in [3.05, 3.63) is 94.5 Å². The second-order valence-corrected chi connectivity index (χ2v) is 11.2. The molecule has 3 N–H and O–H groups in total. The zero-order valence-corrected chi connectivity index (χ0v) is 21.1. The monoisotopic (exact) mass is 532 g/mol. The Morgan fingerprint density at radius 2 is 1.57 bits per heavy atom. The molecule has 0 radical (unpaired) electrons. The number of sulfonamides is 1. The minimum absolute atomic E-state index is 0.0728. The molecule has 0 spiro atoms. The first-order chi connectivity index (χ1) is 16.6. The zero-order valence-electron chi connectivity index (χ0n) is 18.8. The van der Waals surface area contributed by atoms with Gasteiger partial charge in [-0.05, 0) is 61.0 Å². The Labute approximate surface area is 214 Å². The van der Waals surface area contributed by atoms with Gasteiger partial charge in [0, 0.05) is 16.5 Å². The first-order valence-electron chi connectivity index (χ1n) is 10.8. The number of carbonyl (C=O) groups excluding carboxylic acids is 1. The van der Waals surface area contributed by atoms with Gasteiger partial charge in [0.15, 0.2) is 0 Å². The molecule has 4 rings (SSSR count). The molecule has 0 aliphatic carbocycles. The average molecular weight is 533 g/mol. The quantitative estimate of drug-likeness (QED) is 0.317. The Balaban J connectivity index is 2.09. The number of benzene rings is 3. The van der Waals surface area contributed by atoms with E-state index in [1.165, 1.54) is 24.3 Å². The molecule has 11 heteroatoms. The van der Waals surface area contributed by atoms with Gasteiger partial charge in [0.2, 0.25) is 0 Å². The minimum atomic E-state index is -4.41. The van der Waals surface area contributed by atoms with E-state index >= 15 is 0 Å². The summed E-state index contributed by atoms with van der Waals surface area (Å²) in [5.41, 5.74) is 14.9. The van der Waals surface area contributed by atoms with Crippen LogP contribution in [-0.2, 0) is 14.8 Å². The highest BCUT2D eigenvalue weighted by Crippen LogP contribution is 2.51. The first-order valence-corrected chi connectivity index (χ1v) is 13.0. The van der Waals surface area contributed by atoms with Gasteiger partial charge >= 0.3 is 22.1 Å². The van der Waals surface area contributed by atoms with E-state index in [0.29, 0.717) is 22.2 Å². The van der Waals surface area contributed by atoms with Crippen molar-refractivity contribution in [2.75, 3.05) is 5.01 Å². The van der Waals surface area contributed by atoms with E-state index in [0.717, 1.165) is 5.56 Å². The SMILES string of the molecule is CC1CC(c2ccccc2)N(c2ccc(Cl)cc2)[N@+]1(C(N=N)C(N)=O)S(=O)(=O)c1ccc(Cl)cc1. The summed E-state index contributed by atoms with van der Waals surface area (Å²) in [5.74, 6) is -1.03. The van der Waals surface area contributed by atoms with Crippen LogP contribution >= 0.6 is 23.2 Å². The molecule has 1 aliphatic heterocycles. The predicted octanol–water partition coefficient (Wildman–Crippen LogP) is 5.30. The number of halogens is 2. The van der Waals surface area contributed by atoms with Crippen molar-refractivity contribution in [2.24, 2.45) is 10.8 Å². The molecule has 3 aromatic carbocycles. The van der Waals surface area contributed by atoms with Gasteiger partial charge in [0.25, 0.3) is 0 Å². The molecule has 3 unspecified atom stereocenters. The van der Waals surface area contributed by atoms with Crippen LogP contribution in [0.5, 0.6) is 0 Å². The Morgan fingerprint density at radius 3 is 2.09 bits per heavy atom. The third-order valence-electron chi connectivity index (χ3n) is 6.33. The Hall–Kier alpha value is -2.98. The predicted molar refractivity (Wildman–Crippen MR) is 134 cm³/mol. The molecule has 1 fully saturated rings. The van der Waals surface area contributed by atoms with E-state index in [1.54, 1.807) is 36.2 Å². The number of hydrogen-bond acceptors (Lipinski definition) is 6. The lowest BCUT2D eigenvalue weighted by atomic mass is 10.0. The molecular weight excluding hydrogens is 509 g/mol. The maximum atomic E-state index is 14.5. The average Bonchev–Trinajstić information content (AvgIpc) is 3.15. The number of hydrogen-bond donors (Lipinski definition) is 2. The summed E-state index contributed by atoms with van der Waals surface area (Å²) in [7, 11) is -4.41. The van der Waals surface area contributed by atoms with Crippen molar-refractivity contribution in [1.29, 1.82) is 5.53 Å². The van der Waals surface area contributed by atoms with Gasteiger partial charge in [0.1, 0.15) is 17.0 Å². The smallest absolute Gasteiger partial charge is 0.352 e. The molecule has 182 valence electrons. The highest BCUT2D eigenvalue weighted by molar-refractivity contribution is 7.86. The lowest BCUT2D eigenvalue weighted by Crippen LogP contribution is -2.70. The second kappa shape index (κ2) is 9.58. The van der Waals surface area contributed by atoms with Gasteiger partial charge in [-0.15, -0.1) is 5.11 Å². The fourth-order valence-electron chi connectivity index (χ4n) is 4.86. The molecular formula is C24H24Cl2N5O3S+. The van der Waals surface area contributed by atoms with E-state index in [9.17, 15) is 13.2 Å². The van der Waals surface area contributed by atoms with E-state index in [1.807, 2.05) is 30.3 Å². The number of nitrogens with two attached hydrogens (primary N) is 1. The summed E-state index contributed by atoms with van der Waals surface area (Å²) < 4.78 is 28.0. The fraction of sp³-hybridized carbons (Fsp3) is 0.208. The standard InChI is InChI=1S/C24H23Cl2N5O3S/c1-16-15-22(17-5-3-2-4-6-17)30(20-11-7-18(25)8-12-20)31(16,24(29-28)23(27)32)35(33,34)21-13-9-19(26)10-14-21/h2-14,16,22,24,28H,15H2,1H3,(H-,27,32)/p+1/t16?,22?,24?,31-/m0/s1. The van der Waals surface area contributed by atoms with Gasteiger partial charge in [-0.2, -0.15) is 13.4 Å². The summed E-state index contributed by atoms with van der Waals surface area (Å²) in [5, 5.41) is 5.94. The molecule has 1 heterocycles. The molecule has 1 saturated heterocycles. The van der Waals surface area contributed by atoms with E-state index in [-0.39, 0.29) is 4.90 Å². The van der Waals surface area contributed by atoms with Crippen LogP contribution in [0.25, 0.3) is 0 Å². The number of nitrogens with zero attached hydrogens (tertiary/aromatic N) is 3. The molecule has 0 aromatic heterocycles. The second-order valence-electron chi connectivity index (χ2n) is 8.34. The Bertz CT molecular complexity index is 1340. The van der Waals surface area contributed by atoms with Crippen LogP contribution in [0.2, 0.25) is 10.0 Å². The largest absolute Gasteiger partial charge is 0.362 e. The zero-order chi connectivity index (χ0) is 25.4. The summed E-state index contributed by atoms with van der Waals surface area (Å²) in [6, 6.07) is 20.5. The number of carbonyl (C=O) groups is 1. The third kappa shape index (κ3) is 4.08. The molecule has 8 nitrogen and oxygen atoms in total. The van der Waals surface area contributed by atoms with Gasteiger partial charge in [-0.3, -0.25) is 4.79 Å². The topological polar surface area (TPSA) is 117 Å². The normalized spacial score (nSPS) is 23.1. The number of amides is 1. The van der Waals surface area contributed by atoms with E-state index < -0.39 is 38.2 Å². The summed E-state index contributed by atoms with van der Waals surface area (Å²) >= 11 is 12.2. The van der Waals surface area contributed by atoms with Crippen LogP contribution in [0.4, 0.5) is 5.69 Å². The van der Waals surface area contributed by atoms with Crippen LogP contribution in [-0.4, -0.2) is 30.5 Å². The van der Waals surface area contributed by atoms with E-state index in [2.05, 4.69) is 5.11 Å². The first kappa shape index (κ1) is 25.1. The van der Waals surface area contributed by atoms with E-state index in [4.69, 9.17) is 34.5 Å². The van der Waals surface area contributed by atoms with Crippen LogP contribution in [0.15, 0.2) is 88.9 Å². The third-order valence-corrected chi connectivity index (χ3v) is 9.20. The molecule has 1 aliphatic rings. The van der Waals surface area contributed by atoms with Crippen molar-refractivity contribution < 1.29 is 17.2 Å². The van der Waals surface area contributed by atoms with Crippen molar-refractivity contribution in [2.45, 2.75) is 36.5 Å². The minimum Gasteiger partial charge on any atom is -0.362 e. The number of rotatable bonds is 7. The summed E-state index contributed by atoms with van der Waals surface area (Å²) in [6.45, 7) is 1.72. The molecule has 4 atom stereocenters. The number of primary amides is 1. The van der Waals surface area contributed by atoms with Crippen LogP contribution < -0.4 is 10.7 Å². The Kier molecular flexibility index (Phi) is 6.88. The van der Waals surface area contributed by atoms with Crippen LogP contribution in [0.1, 0.15) is 24.9 Å². The highest BCUT2D eigenvalue weighted by Gasteiger charge is 2.67.